The van der Waals surface area contributed by atoms with Crippen LogP contribution in [0.4, 0.5) is 0 Å². The zero-order chi connectivity index (χ0) is 14.3. The maximum absolute atomic E-state index is 11.9. The maximum Gasteiger partial charge on any atom is 0.152 e. The lowest BCUT2D eigenvalue weighted by molar-refractivity contribution is 0.162. The summed E-state index contributed by atoms with van der Waals surface area (Å²) in [5.41, 5.74) is -0.186. The van der Waals surface area contributed by atoms with Gasteiger partial charge < -0.3 is 4.74 Å². The second-order valence-corrected chi connectivity index (χ2v) is 7.47. The molecule has 1 aliphatic carbocycles. The molecule has 3 atom stereocenters. The monoisotopic (exact) mass is 299 g/mol. The number of nitrogens with zero attached hydrogens (tertiary/aromatic N) is 1. The van der Waals surface area contributed by atoms with Crippen LogP contribution in [0, 0.1) is 16.7 Å². The molecule has 19 heavy (non-hydrogen) atoms. The number of halogens is 1. The van der Waals surface area contributed by atoms with Gasteiger partial charge in [-0.15, -0.1) is 0 Å². The number of sulfone groups is 1. The molecule has 0 heterocycles. The van der Waals surface area contributed by atoms with E-state index in [1.54, 1.807) is 24.3 Å². The first-order chi connectivity index (χ1) is 8.86. The van der Waals surface area contributed by atoms with E-state index < -0.39 is 20.5 Å². The highest BCUT2D eigenvalue weighted by Crippen LogP contribution is 2.62. The van der Waals surface area contributed by atoms with E-state index in [-0.39, 0.29) is 12.5 Å². The molecule has 0 spiro atoms. The quantitative estimate of drug-likeness (QED) is 0.853. The lowest BCUT2D eigenvalue weighted by atomic mass is 10.0. The molecule has 0 N–H and O–H groups in total. The number of ether oxygens (including phenoxy) is 1. The van der Waals surface area contributed by atoms with Crippen LogP contribution in [0.15, 0.2) is 24.3 Å². The van der Waals surface area contributed by atoms with Crippen molar-refractivity contribution in [3.05, 3.63) is 34.9 Å². The lowest BCUT2D eigenvalue weighted by Gasteiger charge is -2.06. The molecule has 1 aromatic rings. The smallest absolute Gasteiger partial charge is 0.152 e. The van der Waals surface area contributed by atoms with Gasteiger partial charge in [-0.3, -0.25) is 0 Å². The van der Waals surface area contributed by atoms with Gasteiger partial charge in [0, 0.05) is 24.3 Å². The first-order valence-electron chi connectivity index (χ1n) is 5.71. The summed E-state index contributed by atoms with van der Waals surface area (Å²) < 4.78 is 28.8. The standard InChI is InChI=1S/C13H14ClNO3S/c1-18-8-13(7-15)11(12(13)19(2,16)17)9-3-5-10(14)6-4-9/h3-6,11-12H,8H2,1-2H3/t11-,12+,13+/m0/s1. The van der Waals surface area contributed by atoms with Crippen LogP contribution in [0.5, 0.6) is 0 Å². The Hall–Kier alpha value is -1.09. The molecule has 1 saturated carbocycles. The van der Waals surface area contributed by atoms with Crippen molar-refractivity contribution in [3.8, 4) is 6.07 Å². The van der Waals surface area contributed by atoms with Gasteiger partial charge in [-0.05, 0) is 17.7 Å². The van der Waals surface area contributed by atoms with Gasteiger partial charge in [0.15, 0.2) is 9.84 Å². The molecule has 102 valence electrons. The van der Waals surface area contributed by atoms with Crippen LogP contribution in [-0.2, 0) is 14.6 Å². The minimum Gasteiger partial charge on any atom is -0.383 e. The number of rotatable bonds is 4. The van der Waals surface area contributed by atoms with Crippen LogP contribution < -0.4 is 0 Å². The SMILES string of the molecule is COC[C@@]1(C#N)[C@H](S(C)(=O)=O)[C@@H]1c1ccc(Cl)cc1. The van der Waals surface area contributed by atoms with Gasteiger partial charge in [0.2, 0.25) is 0 Å². The van der Waals surface area contributed by atoms with E-state index in [1.165, 1.54) is 7.11 Å². The molecule has 1 aliphatic rings. The Kier molecular flexibility index (Phi) is 3.61. The molecule has 0 aromatic heterocycles. The summed E-state index contributed by atoms with van der Waals surface area (Å²) >= 11 is 5.82. The predicted octanol–water partition coefficient (Wildman–Crippen LogP) is 2.01. The zero-order valence-corrected chi connectivity index (χ0v) is 12.2. The summed E-state index contributed by atoms with van der Waals surface area (Å²) in [4.78, 5) is 0. The molecule has 4 nitrogen and oxygen atoms in total. The van der Waals surface area contributed by atoms with E-state index in [1.807, 2.05) is 0 Å². The Labute approximate surface area is 117 Å². The summed E-state index contributed by atoms with van der Waals surface area (Å²) in [6.45, 7) is 0.106. The highest BCUT2D eigenvalue weighted by Gasteiger charge is 2.71. The highest BCUT2D eigenvalue weighted by atomic mass is 35.5. The Bertz CT molecular complexity index is 620. The molecular formula is C13H14ClNO3S. The van der Waals surface area contributed by atoms with Crippen molar-refractivity contribution in [2.75, 3.05) is 20.0 Å². The zero-order valence-electron chi connectivity index (χ0n) is 10.6. The Morgan fingerprint density at radius 2 is 2.00 bits per heavy atom. The van der Waals surface area contributed by atoms with Crippen LogP contribution in [0.2, 0.25) is 5.02 Å². The van der Waals surface area contributed by atoms with Crippen molar-refractivity contribution in [3.63, 3.8) is 0 Å². The molecule has 0 amide bonds. The molecule has 1 fully saturated rings. The molecule has 0 saturated heterocycles. The average Bonchev–Trinajstić information content (AvgIpc) is 3.00. The highest BCUT2D eigenvalue weighted by molar-refractivity contribution is 7.91. The number of nitriles is 1. The van der Waals surface area contributed by atoms with Gasteiger partial charge in [-0.25, -0.2) is 8.42 Å². The molecule has 0 unspecified atom stereocenters. The third kappa shape index (κ3) is 2.36. The molecular weight excluding hydrogens is 286 g/mol. The number of hydrogen-bond acceptors (Lipinski definition) is 4. The summed E-state index contributed by atoms with van der Waals surface area (Å²) in [5, 5.41) is 9.25. The Balaban J connectivity index is 2.44. The van der Waals surface area contributed by atoms with E-state index in [9.17, 15) is 13.7 Å². The Morgan fingerprint density at radius 1 is 1.42 bits per heavy atom. The second-order valence-electron chi connectivity index (χ2n) is 4.86. The van der Waals surface area contributed by atoms with Gasteiger partial charge in [-0.2, -0.15) is 5.26 Å². The summed E-state index contributed by atoms with van der Waals surface area (Å²) in [7, 11) is -1.85. The first-order valence-corrected chi connectivity index (χ1v) is 8.04. The first kappa shape index (κ1) is 14.3. The largest absolute Gasteiger partial charge is 0.383 e. The maximum atomic E-state index is 11.9. The molecule has 0 radical (unpaired) electrons. The molecule has 0 bridgehead atoms. The minimum atomic E-state index is -3.31. The second kappa shape index (κ2) is 4.78. The van der Waals surface area contributed by atoms with Crippen LogP contribution in [0.1, 0.15) is 11.5 Å². The van der Waals surface area contributed by atoms with Crippen molar-refractivity contribution in [1.29, 1.82) is 5.26 Å². The Morgan fingerprint density at radius 3 is 2.42 bits per heavy atom. The molecule has 2 rings (SSSR count). The third-order valence-corrected chi connectivity index (χ3v) is 5.41. The summed E-state index contributed by atoms with van der Waals surface area (Å²) in [5.74, 6) is -0.357. The van der Waals surface area contributed by atoms with E-state index in [0.717, 1.165) is 11.8 Å². The summed E-state index contributed by atoms with van der Waals surface area (Å²) in [6, 6.07) is 9.06. The molecule has 0 aliphatic heterocycles. The normalized spacial score (nSPS) is 29.8. The number of benzene rings is 1. The number of methoxy groups -OCH3 is 1. The number of hydrogen-bond donors (Lipinski definition) is 0. The fourth-order valence-corrected chi connectivity index (χ4v) is 4.73. The predicted molar refractivity (Wildman–Crippen MR) is 72.7 cm³/mol. The van der Waals surface area contributed by atoms with E-state index >= 15 is 0 Å². The van der Waals surface area contributed by atoms with Gasteiger partial charge >= 0.3 is 0 Å². The van der Waals surface area contributed by atoms with Gasteiger partial charge in [0.25, 0.3) is 0 Å². The van der Waals surface area contributed by atoms with Crippen molar-refractivity contribution in [2.24, 2.45) is 5.41 Å². The van der Waals surface area contributed by atoms with Crippen LogP contribution in [0.3, 0.4) is 0 Å². The van der Waals surface area contributed by atoms with E-state index in [0.29, 0.717) is 5.02 Å². The van der Waals surface area contributed by atoms with Gasteiger partial charge in [0.1, 0.15) is 5.41 Å². The fraction of sp³-hybridized carbons (Fsp3) is 0.462. The third-order valence-electron chi connectivity index (χ3n) is 3.54. The van der Waals surface area contributed by atoms with Crippen molar-refractivity contribution in [2.45, 2.75) is 11.2 Å². The van der Waals surface area contributed by atoms with Crippen molar-refractivity contribution < 1.29 is 13.2 Å². The van der Waals surface area contributed by atoms with Crippen LogP contribution in [-0.4, -0.2) is 33.6 Å². The van der Waals surface area contributed by atoms with E-state index in [4.69, 9.17) is 16.3 Å². The van der Waals surface area contributed by atoms with Crippen LogP contribution >= 0.6 is 11.6 Å². The molecule has 6 heteroatoms. The fourth-order valence-electron chi connectivity index (χ4n) is 2.75. The van der Waals surface area contributed by atoms with Crippen molar-refractivity contribution >= 4 is 21.4 Å². The van der Waals surface area contributed by atoms with E-state index in [2.05, 4.69) is 6.07 Å². The van der Waals surface area contributed by atoms with Crippen molar-refractivity contribution in [1.82, 2.24) is 0 Å². The lowest BCUT2D eigenvalue weighted by Crippen LogP contribution is -2.17. The molecule has 1 aromatic carbocycles. The van der Waals surface area contributed by atoms with Gasteiger partial charge in [0.05, 0.1) is 17.9 Å². The van der Waals surface area contributed by atoms with Crippen LogP contribution in [0.25, 0.3) is 0 Å². The minimum absolute atomic E-state index is 0.106. The average molecular weight is 300 g/mol. The topological polar surface area (TPSA) is 67.2 Å². The van der Waals surface area contributed by atoms with Gasteiger partial charge in [-0.1, -0.05) is 23.7 Å². The summed E-state index contributed by atoms with van der Waals surface area (Å²) in [6.07, 6.45) is 1.16.